The Hall–Kier alpha value is -4.47. The second-order valence-corrected chi connectivity index (χ2v) is 10.5. The lowest BCUT2D eigenvalue weighted by Gasteiger charge is -2.35. The van der Waals surface area contributed by atoms with Gasteiger partial charge in [0, 0.05) is 57.4 Å². The summed E-state index contributed by atoms with van der Waals surface area (Å²) in [6.45, 7) is 7.71. The molecule has 15 heteroatoms. The Bertz CT molecular complexity index is 1470. The van der Waals surface area contributed by atoms with Gasteiger partial charge in [0.25, 0.3) is 11.8 Å². The molecule has 3 aromatic rings. The van der Waals surface area contributed by atoms with Crippen LogP contribution in [0.3, 0.4) is 0 Å². The van der Waals surface area contributed by atoms with E-state index in [1.807, 2.05) is 19.2 Å². The van der Waals surface area contributed by atoms with Gasteiger partial charge in [-0.05, 0) is 50.3 Å². The van der Waals surface area contributed by atoms with Gasteiger partial charge in [0.2, 0.25) is 5.82 Å². The van der Waals surface area contributed by atoms with Crippen molar-refractivity contribution in [1.82, 2.24) is 30.1 Å². The van der Waals surface area contributed by atoms with Crippen LogP contribution in [0.1, 0.15) is 27.3 Å². The zero-order chi connectivity index (χ0) is 30.3. The number of nitrogens with one attached hydrogen (secondary N) is 2. The molecule has 5 rings (SSSR count). The molecule has 2 amide bonds. The van der Waals surface area contributed by atoms with E-state index in [9.17, 15) is 24.1 Å². The Balaban J connectivity index is 1.31. The van der Waals surface area contributed by atoms with Crippen molar-refractivity contribution in [3.8, 4) is 5.69 Å². The average molecular weight is 596 g/mol. The highest BCUT2D eigenvalue weighted by atomic mass is 19.1. The fourth-order valence-electron chi connectivity index (χ4n) is 4.99. The standard InChI is InChI=1S/C28H34FN9O5/c1-34-9-11-36(12-10-34)25-6-4-21(18-23(25)31-27(39)20-3-5-22(29)26(17-20)38(41)42)37-19-24(32-33-37)28(40)30-7-2-8-35-13-15-43-16-14-35/h3-6,17-19H,2,7-16H2,1H3,(H,30,40)(H,31,39). The number of benzene rings is 2. The van der Waals surface area contributed by atoms with Crippen LogP contribution in [0, 0.1) is 15.9 Å². The number of nitro groups is 1. The molecule has 0 aliphatic carbocycles. The molecule has 43 heavy (non-hydrogen) atoms. The number of morpholine rings is 1. The number of nitrogens with zero attached hydrogens (tertiary/aromatic N) is 7. The fourth-order valence-corrected chi connectivity index (χ4v) is 4.99. The molecule has 2 N–H and O–H groups in total. The van der Waals surface area contributed by atoms with Gasteiger partial charge in [-0.2, -0.15) is 4.39 Å². The summed E-state index contributed by atoms with van der Waals surface area (Å²) in [5, 5.41) is 25.1. The first-order valence-corrected chi connectivity index (χ1v) is 14.1. The number of halogens is 1. The molecule has 14 nitrogen and oxygen atoms in total. The summed E-state index contributed by atoms with van der Waals surface area (Å²) >= 11 is 0. The first-order chi connectivity index (χ1) is 20.8. The molecule has 3 heterocycles. The van der Waals surface area contributed by atoms with E-state index in [1.54, 1.807) is 6.07 Å². The van der Waals surface area contributed by atoms with Gasteiger partial charge in [-0.25, -0.2) is 4.68 Å². The van der Waals surface area contributed by atoms with Crippen molar-refractivity contribution in [3.63, 3.8) is 0 Å². The van der Waals surface area contributed by atoms with Crippen molar-refractivity contribution in [1.29, 1.82) is 0 Å². The maximum Gasteiger partial charge on any atom is 0.305 e. The minimum Gasteiger partial charge on any atom is -0.379 e. The third-order valence-electron chi connectivity index (χ3n) is 7.51. The SMILES string of the molecule is CN1CCN(c2ccc(-n3cc(C(=O)NCCCN4CCOCC4)nn3)cc2NC(=O)c2ccc(F)c([N+](=O)[O-])c2)CC1. The zero-order valence-corrected chi connectivity index (χ0v) is 23.9. The third kappa shape index (κ3) is 7.49. The monoisotopic (exact) mass is 595 g/mol. The van der Waals surface area contributed by atoms with Gasteiger partial charge in [-0.1, -0.05) is 5.21 Å². The van der Waals surface area contributed by atoms with Crippen LogP contribution < -0.4 is 15.5 Å². The molecule has 0 radical (unpaired) electrons. The summed E-state index contributed by atoms with van der Waals surface area (Å²) in [6, 6.07) is 8.35. The number of likely N-dealkylation sites (N-methyl/N-ethyl adjacent to an activating group) is 1. The van der Waals surface area contributed by atoms with E-state index >= 15 is 0 Å². The van der Waals surface area contributed by atoms with E-state index in [2.05, 4.69) is 35.6 Å². The maximum absolute atomic E-state index is 13.9. The number of hydrogen-bond acceptors (Lipinski definition) is 10. The highest BCUT2D eigenvalue weighted by Gasteiger charge is 2.22. The summed E-state index contributed by atoms with van der Waals surface area (Å²) in [6.07, 6.45) is 2.31. The molecule has 2 aliphatic rings. The summed E-state index contributed by atoms with van der Waals surface area (Å²) in [5.74, 6) is -2.00. The van der Waals surface area contributed by atoms with Gasteiger partial charge < -0.3 is 25.2 Å². The number of carbonyl (C=O) groups is 2. The summed E-state index contributed by atoms with van der Waals surface area (Å²) in [5.41, 5.74) is 1.03. The first kappa shape index (κ1) is 30.0. The second kappa shape index (κ2) is 13.7. The summed E-state index contributed by atoms with van der Waals surface area (Å²) in [7, 11) is 2.03. The number of nitro benzene ring substituents is 1. The number of piperazine rings is 1. The molecular formula is C28H34FN9O5. The lowest BCUT2D eigenvalue weighted by Crippen LogP contribution is -2.44. The number of hydrogen-bond donors (Lipinski definition) is 2. The van der Waals surface area contributed by atoms with E-state index in [0.717, 1.165) is 83.3 Å². The molecule has 0 spiro atoms. The third-order valence-corrected chi connectivity index (χ3v) is 7.51. The van der Waals surface area contributed by atoms with Crippen LogP contribution in [-0.4, -0.2) is 114 Å². The smallest absolute Gasteiger partial charge is 0.305 e. The second-order valence-electron chi connectivity index (χ2n) is 10.5. The van der Waals surface area contributed by atoms with Gasteiger partial charge in [0.1, 0.15) is 0 Å². The number of aromatic nitrogens is 3. The molecule has 0 bridgehead atoms. The minimum atomic E-state index is -1.02. The normalized spacial score (nSPS) is 16.2. The van der Waals surface area contributed by atoms with E-state index in [4.69, 9.17) is 4.74 Å². The lowest BCUT2D eigenvalue weighted by molar-refractivity contribution is -0.387. The number of ether oxygens (including phenoxy) is 1. The van der Waals surface area contributed by atoms with Gasteiger partial charge in [-0.3, -0.25) is 24.6 Å². The largest absolute Gasteiger partial charge is 0.379 e. The molecule has 0 atom stereocenters. The topological polar surface area (TPSA) is 151 Å². The predicted octanol–water partition coefficient (Wildman–Crippen LogP) is 1.77. The fraction of sp³-hybridized carbons (Fsp3) is 0.429. The number of amides is 2. The molecule has 0 unspecified atom stereocenters. The Morgan fingerprint density at radius 2 is 1.81 bits per heavy atom. The van der Waals surface area contributed by atoms with Crippen molar-refractivity contribution in [2.45, 2.75) is 6.42 Å². The molecule has 2 aromatic carbocycles. The van der Waals surface area contributed by atoms with Crippen molar-refractivity contribution in [3.05, 3.63) is 69.8 Å². The van der Waals surface area contributed by atoms with Crippen LogP contribution in [0.25, 0.3) is 5.69 Å². The van der Waals surface area contributed by atoms with Gasteiger partial charge in [-0.15, -0.1) is 5.10 Å². The van der Waals surface area contributed by atoms with E-state index in [1.165, 1.54) is 16.9 Å². The van der Waals surface area contributed by atoms with Crippen LogP contribution in [0.4, 0.5) is 21.5 Å². The maximum atomic E-state index is 13.9. The summed E-state index contributed by atoms with van der Waals surface area (Å²) in [4.78, 5) is 42.8. The zero-order valence-electron chi connectivity index (χ0n) is 23.9. The minimum absolute atomic E-state index is 0.0591. The molecule has 2 aliphatic heterocycles. The quantitative estimate of drug-likeness (QED) is 0.202. The van der Waals surface area contributed by atoms with Crippen LogP contribution in [0.15, 0.2) is 42.6 Å². The molecular weight excluding hydrogens is 561 g/mol. The predicted molar refractivity (Wildman–Crippen MR) is 156 cm³/mol. The van der Waals surface area contributed by atoms with Crippen LogP contribution in [0.2, 0.25) is 0 Å². The van der Waals surface area contributed by atoms with Crippen molar-refractivity contribution < 1.29 is 23.6 Å². The highest BCUT2D eigenvalue weighted by molar-refractivity contribution is 6.06. The molecule has 2 fully saturated rings. The van der Waals surface area contributed by atoms with E-state index in [-0.39, 0.29) is 17.2 Å². The van der Waals surface area contributed by atoms with Crippen LogP contribution >= 0.6 is 0 Å². The van der Waals surface area contributed by atoms with Gasteiger partial charge in [0.05, 0.1) is 41.4 Å². The van der Waals surface area contributed by atoms with Crippen molar-refractivity contribution in [2.75, 3.05) is 82.8 Å². The van der Waals surface area contributed by atoms with Crippen molar-refractivity contribution in [2.24, 2.45) is 0 Å². The number of rotatable bonds is 10. The number of anilines is 2. The molecule has 1 aromatic heterocycles. The number of carbonyl (C=O) groups excluding carboxylic acids is 2. The van der Waals surface area contributed by atoms with Gasteiger partial charge in [0.15, 0.2) is 5.69 Å². The average Bonchev–Trinajstić information content (AvgIpc) is 3.51. The van der Waals surface area contributed by atoms with Crippen LogP contribution in [-0.2, 0) is 4.74 Å². The Morgan fingerprint density at radius 1 is 1.05 bits per heavy atom. The van der Waals surface area contributed by atoms with Crippen molar-refractivity contribution >= 4 is 28.9 Å². The van der Waals surface area contributed by atoms with Gasteiger partial charge >= 0.3 is 5.69 Å². The first-order valence-electron chi connectivity index (χ1n) is 14.1. The Morgan fingerprint density at radius 3 is 2.56 bits per heavy atom. The molecule has 0 saturated carbocycles. The summed E-state index contributed by atoms with van der Waals surface area (Å²) < 4.78 is 20.7. The Labute approximate surface area is 247 Å². The Kier molecular flexibility index (Phi) is 9.54. The molecule has 2 saturated heterocycles. The van der Waals surface area contributed by atoms with E-state index < -0.39 is 22.3 Å². The van der Waals surface area contributed by atoms with Crippen LogP contribution in [0.5, 0.6) is 0 Å². The highest BCUT2D eigenvalue weighted by Crippen LogP contribution is 2.30. The van der Waals surface area contributed by atoms with E-state index in [0.29, 0.717) is 17.9 Å². The lowest BCUT2D eigenvalue weighted by atomic mass is 10.1. The molecule has 228 valence electrons.